The lowest BCUT2D eigenvalue weighted by atomic mass is 10.0. The van der Waals surface area contributed by atoms with Gasteiger partial charge in [0.15, 0.2) is 0 Å². The van der Waals surface area contributed by atoms with E-state index in [1.54, 1.807) is 0 Å². The predicted octanol–water partition coefficient (Wildman–Crippen LogP) is 3.54. The minimum absolute atomic E-state index is 0.583. The molecule has 0 saturated heterocycles. The Hall–Kier alpha value is -1.44. The van der Waals surface area contributed by atoms with Crippen LogP contribution in [0.3, 0.4) is 0 Å². The Morgan fingerprint density at radius 1 is 1.06 bits per heavy atom. The molecule has 0 atom stereocenters. The lowest BCUT2D eigenvalue weighted by Crippen LogP contribution is -1.89. The van der Waals surface area contributed by atoms with E-state index in [1.807, 2.05) is 6.92 Å². The molecule has 17 heavy (non-hydrogen) atoms. The van der Waals surface area contributed by atoms with Crippen LogP contribution >= 0.6 is 0 Å². The Morgan fingerprint density at radius 3 is 1.94 bits per heavy atom. The maximum atomic E-state index is 10.2. The number of hydrogen-bond acceptors (Lipinski definition) is 2. The van der Waals surface area contributed by atoms with Gasteiger partial charge in [-0.05, 0) is 23.5 Å². The van der Waals surface area contributed by atoms with Gasteiger partial charge in [0.2, 0.25) is 0 Å². The maximum absolute atomic E-state index is 10.2. The fraction of sp³-hybridized carbons (Fsp3) is 0.467. The third kappa shape index (κ3) is 7.45. The van der Waals surface area contributed by atoms with E-state index in [1.165, 1.54) is 11.1 Å². The molecule has 0 spiro atoms. The number of hydrogen-bond donors (Lipinski definition) is 0. The molecule has 2 nitrogen and oxygen atoms in total. The van der Waals surface area contributed by atoms with Crippen molar-refractivity contribution >= 4 is 12.6 Å². The van der Waals surface area contributed by atoms with Crippen LogP contribution in [0.25, 0.3) is 0 Å². The molecule has 0 aliphatic carbocycles. The quantitative estimate of drug-likeness (QED) is 0.730. The second-order valence-corrected chi connectivity index (χ2v) is 4.18. The Kier molecular flexibility index (Phi) is 8.94. The molecule has 1 rings (SSSR count). The van der Waals surface area contributed by atoms with Gasteiger partial charge in [-0.3, -0.25) is 0 Å². The molecule has 0 unspecified atom stereocenters. The van der Waals surface area contributed by atoms with Crippen molar-refractivity contribution in [2.45, 2.75) is 46.0 Å². The highest BCUT2D eigenvalue weighted by Crippen LogP contribution is 2.15. The molecular formula is C15H22O2. The Labute approximate surface area is 104 Å². The van der Waals surface area contributed by atoms with Gasteiger partial charge >= 0.3 is 0 Å². The molecule has 1 aromatic rings. The first-order valence-electron chi connectivity index (χ1n) is 6.11. The van der Waals surface area contributed by atoms with Gasteiger partial charge in [0.25, 0.3) is 0 Å². The van der Waals surface area contributed by atoms with Crippen LogP contribution in [-0.2, 0) is 16.0 Å². The standard InChI is InChI=1S/C12H16O.C3H6O/c1-10(2)12-7-5-11(6-8-12)4-3-9-13;1-2-3-4/h5-10H,3-4H2,1-2H3;3H,2H2,1H3. The van der Waals surface area contributed by atoms with Crippen molar-refractivity contribution in [3.05, 3.63) is 35.4 Å². The number of rotatable bonds is 5. The Morgan fingerprint density at radius 2 is 1.59 bits per heavy atom. The highest BCUT2D eigenvalue weighted by molar-refractivity contribution is 5.50. The van der Waals surface area contributed by atoms with E-state index in [2.05, 4.69) is 38.1 Å². The van der Waals surface area contributed by atoms with Gasteiger partial charge in [-0.25, -0.2) is 0 Å². The summed E-state index contributed by atoms with van der Waals surface area (Å²) in [7, 11) is 0. The SMILES string of the molecule is CC(C)c1ccc(CCC=O)cc1.CCC=O. The van der Waals surface area contributed by atoms with E-state index in [0.29, 0.717) is 18.8 Å². The van der Waals surface area contributed by atoms with Gasteiger partial charge in [0.1, 0.15) is 12.6 Å². The van der Waals surface area contributed by atoms with Crippen LogP contribution in [0.5, 0.6) is 0 Å². The van der Waals surface area contributed by atoms with E-state index in [0.717, 1.165) is 19.0 Å². The van der Waals surface area contributed by atoms with Crippen molar-refractivity contribution in [2.24, 2.45) is 0 Å². The van der Waals surface area contributed by atoms with Gasteiger partial charge in [0, 0.05) is 12.8 Å². The summed E-state index contributed by atoms with van der Waals surface area (Å²) < 4.78 is 0. The van der Waals surface area contributed by atoms with Crippen LogP contribution in [0.2, 0.25) is 0 Å². The molecule has 0 heterocycles. The zero-order chi connectivity index (χ0) is 13.1. The summed E-state index contributed by atoms with van der Waals surface area (Å²) in [5.41, 5.74) is 2.60. The van der Waals surface area contributed by atoms with E-state index in [4.69, 9.17) is 0 Å². The third-order valence-electron chi connectivity index (χ3n) is 2.36. The average molecular weight is 234 g/mol. The summed E-state index contributed by atoms with van der Waals surface area (Å²) >= 11 is 0. The molecular weight excluding hydrogens is 212 g/mol. The van der Waals surface area contributed by atoms with E-state index in [-0.39, 0.29) is 0 Å². The minimum atomic E-state index is 0.583. The maximum Gasteiger partial charge on any atom is 0.120 e. The van der Waals surface area contributed by atoms with Crippen LogP contribution < -0.4 is 0 Å². The first-order chi connectivity index (χ1) is 8.15. The second-order valence-electron chi connectivity index (χ2n) is 4.18. The lowest BCUT2D eigenvalue weighted by Gasteiger charge is -2.05. The van der Waals surface area contributed by atoms with Crippen LogP contribution in [-0.4, -0.2) is 12.6 Å². The summed E-state index contributed by atoms with van der Waals surface area (Å²) in [5, 5.41) is 0. The zero-order valence-corrected chi connectivity index (χ0v) is 11.0. The number of aldehydes is 2. The Balaban J connectivity index is 0.000000557. The first kappa shape index (κ1) is 15.6. The van der Waals surface area contributed by atoms with Crippen LogP contribution in [0.15, 0.2) is 24.3 Å². The van der Waals surface area contributed by atoms with Crippen molar-refractivity contribution in [2.75, 3.05) is 0 Å². The molecule has 0 aromatic heterocycles. The largest absolute Gasteiger partial charge is 0.303 e. The number of carbonyl (C=O) groups excluding carboxylic acids is 2. The minimum Gasteiger partial charge on any atom is -0.303 e. The summed E-state index contributed by atoms with van der Waals surface area (Å²) in [5.74, 6) is 0.583. The molecule has 1 aromatic carbocycles. The molecule has 0 N–H and O–H groups in total. The number of benzene rings is 1. The van der Waals surface area contributed by atoms with Crippen LogP contribution in [0.4, 0.5) is 0 Å². The van der Waals surface area contributed by atoms with E-state index in [9.17, 15) is 9.59 Å². The van der Waals surface area contributed by atoms with Gasteiger partial charge in [-0.2, -0.15) is 0 Å². The summed E-state index contributed by atoms with van der Waals surface area (Å²) in [6.07, 6.45) is 3.97. The summed E-state index contributed by atoms with van der Waals surface area (Å²) in [6, 6.07) is 8.51. The smallest absolute Gasteiger partial charge is 0.120 e. The summed E-state index contributed by atoms with van der Waals surface area (Å²) in [6.45, 7) is 6.17. The molecule has 0 bridgehead atoms. The van der Waals surface area contributed by atoms with Gasteiger partial charge in [0.05, 0.1) is 0 Å². The fourth-order valence-corrected chi connectivity index (χ4v) is 1.29. The van der Waals surface area contributed by atoms with Crippen LogP contribution in [0, 0.1) is 0 Å². The molecule has 94 valence electrons. The van der Waals surface area contributed by atoms with Gasteiger partial charge in [-0.1, -0.05) is 45.0 Å². The van der Waals surface area contributed by atoms with Gasteiger partial charge < -0.3 is 9.59 Å². The van der Waals surface area contributed by atoms with E-state index < -0.39 is 0 Å². The topological polar surface area (TPSA) is 34.1 Å². The molecule has 0 amide bonds. The lowest BCUT2D eigenvalue weighted by molar-refractivity contribution is -0.108. The van der Waals surface area contributed by atoms with Crippen molar-refractivity contribution in [1.82, 2.24) is 0 Å². The van der Waals surface area contributed by atoms with E-state index >= 15 is 0 Å². The highest BCUT2D eigenvalue weighted by Gasteiger charge is 1.98. The fourth-order valence-electron chi connectivity index (χ4n) is 1.29. The highest BCUT2D eigenvalue weighted by atomic mass is 16.1. The van der Waals surface area contributed by atoms with Crippen LogP contribution in [0.1, 0.15) is 50.7 Å². The Bertz CT molecular complexity index is 312. The normalized spacial score (nSPS) is 9.41. The van der Waals surface area contributed by atoms with Crippen molar-refractivity contribution in [1.29, 1.82) is 0 Å². The average Bonchev–Trinajstić information content (AvgIpc) is 2.37. The van der Waals surface area contributed by atoms with Gasteiger partial charge in [-0.15, -0.1) is 0 Å². The molecule has 0 aliphatic rings. The van der Waals surface area contributed by atoms with Crippen molar-refractivity contribution < 1.29 is 9.59 Å². The third-order valence-corrected chi connectivity index (χ3v) is 2.36. The molecule has 0 saturated carbocycles. The second kappa shape index (κ2) is 9.76. The molecule has 2 heteroatoms. The monoisotopic (exact) mass is 234 g/mol. The number of aryl methyl sites for hydroxylation is 1. The molecule has 0 fully saturated rings. The molecule has 0 aliphatic heterocycles. The zero-order valence-electron chi connectivity index (χ0n) is 11.0. The first-order valence-corrected chi connectivity index (χ1v) is 6.11. The van der Waals surface area contributed by atoms with Crippen molar-refractivity contribution in [3.63, 3.8) is 0 Å². The molecule has 0 radical (unpaired) electrons. The van der Waals surface area contributed by atoms with Crippen molar-refractivity contribution in [3.8, 4) is 0 Å². The number of carbonyl (C=O) groups is 2. The predicted molar refractivity (Wildman–Crippen MR) is 71.3 cm³/mol. The summed E-state index contributed by atoms with van der Waals surface area (Å²) in [4.78, 5) is 19.3.